The van der Waals surface area contributed by atoms with Crippen molar-refractivity contribution in [1.29, 1.82) is 5.26 Å². The summed E-state index contributed by atoms with van der Waals surface area (Å²) >= 11 is 0. The smallest absolute Gasteiger partial charge is 0.330 e. The zero-order valence-electron chi connectivity index (χ0n) is 24.0. The molecule has 1 aromatic heterocycles. The molecule has 5 atom stereocenters. The molecule has 1 aliphatic heterocycles. The number of hydrogen-bond acceptors (Lipinski definition) is 8. The van der Waals surface area contributed by atoms with Crippen molar-refractivity contribution in [2.75, 3.05) is 6.61 Å². The van der Waals surface area contributed by atoms with E-state index in [4.69, 9.17) is 24.8 Å². The minimum atomic E-state index is -2.41. The molecule has 1 N–H and O–H groups in total. The average molecular weight is 544 g/mol. The van der Waals surface area contributed by atoms with Gasteiger partial charge in [0.2, 0.25) is 0 Å². The lowest BCUT2D eigenvalue weighted by atomic mass is 10.1. The highest BCUT2D eigenvalue weighted by Crippen LogP contribution is 2.51. The molecular weight excluding hydrogens is 499 g/mol. The molecule has 1 saturated heterocycles. The molecule has 2 heterocycles. The predicted molar refractivity (Wildman–Crippen MR) is 143 cm³/mol. The van der Waals surface area contributed by atoms with Crippen LogP contribution < -0.4 is 11.2 Å². The van der Waals surface area contributed by atoms with Crippen LogP contribution in [0.4, 0.5) is 0 Å². The lowest BCUT2D eigenvalue weighted by Gasteiger charge is -2.42. The van der Waals surface area contributed by atoms with Crippen molar-refractivity contribution in [3.63, 3.8) is 0 Å². The highest BCUT2D eigenvalue weighted by atomic mass is 31.2. The Hall–Kier alpha value is -1.38. The van der Waals surface area contributed by atoms with Gasteiger partial charge in [-0.3, -0.25) is 14.3 Å². The third kappa shape index (κ3) is 7.35. The maximum absolute atomic E-state index is 12.8. The quantitative estimate of drug-likeness (QED) is 0.246. The van der Waals surface area contributed by atoms with Crippen molar-refractivity contribution in [2.24, 2.45) is 0 Å². The molecule has 0 saturated carbocycles. The number of aromatic nitrogens is 2. The molecular formula is C24H43N4O6PSi. The second kappa shape index (κ2) is 12.4. The number of rotatable bonds is 11. The highest BCUT2D eigenvalue weighted by molar-refractivity contribution is 7.44. The molecule has 0 radical (unpaired) electrons. The van der Waals surface area contributed by atoms with E-state index in [1.54, 1.807) is 0 Å². The molecule has 0 aliphatic carbocycles. The fourth-order valence-corrected chi connectivity index (χ4v) is 6.78. The van der Waals surface area contributed by atoms with Crippen LogP contribution >= 0.6 is 8.53 Å². The zero-order chi connectivity index (χ0) is 28.1. The van der Waals surface area contributed by atoms with Crippen LogP contribution in [0.25, 0.3) is 0 Å². The van der Waals surface area contributed by atoms with E-state index >= 15 is 0 Å². The Morgan fingerprint density at radius 1 is 1.28 bits per heavy atom. The Bertz CT molecular complexity index is 1030. The minimum absolute atomic E-state index is 0.0855. The molecule has 2 rings (SSSR count). The topological polar surface area (TPSA) is 119 Å². The molecule has 2 unspecified atom stereocenters. The fraction of sp³-hybridized carbons (Fsp3) is 0.792. The first-order valence-electron chi connectivity index (χ1n) is 13.0. The molecule has 204 valence electrons. The molecule has 0 amide bonds. The van der Waals surface area contributed by atoms with Gasteiger partial charge in [0.1, 0.15) is 12.2 Å². The first-order valence-corrected chi connectivity index (χ1v) is 16.4. The van der Waals surface area contributed by atoms with Gasteiger partial charge < -0.3 is 18.2 Å². The normalized spacial score (nSPS) is 24.4. The SMILES string of the molecule is [2H]C[C@H]1O[C@@H](n2ccc(=O)[nH]c2=O)C(O[Si](C)(C)C(C)(C)C)[C@H]1OP(OCCC#N)N(C(C)C)C(C)C. The number of nitrogens with one attached hydrogen (secondary N) is 1. The van der Waals surface area contributed by atoms with E-state index in [0.29, 0.717) is 0 Å². The van der Waals surface area contributed by atoms with E-state index in [-0.39, 0.29) is 37.0 Å². The molecule has 0 aromatic carbocycles. The number of nitrogens with zero attached hydrogens (tertiary/aromatic N) is 3. The van der Waals surface area contributed by atoms with E-state index in [1.165, 1.54) is 16.8 Å². The molecule has 1 fully saturated rings. The Morgan fingerprint density at radius 2 is 1.92 bits per heavy atom. The van der Waals surface area contributed by atoms with Gasteiger partial charge in [0, 0.05) is 25.7 Å². The van der Waals surface area contributed by atoms with Crippen LogP contribution in [0.15, 0.2) is 21.9 Å². The third-order valence-electron chi connectivity index (χ3n) is 6.52. The van der Waals surface area contributed by atoms with Crippen LogP contribution in [0, 0.1) is 11.3 Å². The van der Waals surface area contributed by atoms with Crippen LogP contribution in [0.2, 0.25) is 18.1 Å². The standard InChI is InChI=1S/C24H43N4O6PSi/c1-16(2)28(17(3)4)35(31-15-11-13-25)33-20-18(5)32-22(27-14-12-19(29)26-23(27)30)21(20)34-36(9,10)24(6,7)8/h12,14,16-18,20-22H,11,15H2,1-10H3,(H,26,29,30)/t18-,20+,21?,22-,35?/m1/s1/i5D. The van der Waals surface area contributed by atoms with Crippen molar-refractivity contribution in [1.82, 2.24) is 14.2 Å². The van der Waals surface area contributed by atoms with Crippen molar-refractivity contribution in [3.05, 3.63) is 33.1 Å². The van der Waals surface area contributed by atoms with Crippen molar-refractivity contribution in [2.45, 2.75) is 117 Å². The van der Waals surface area contributed by atoms with Crippen molar-refractivity contribution >= 4 is 16.8 Å². The largest absolute Gasteiger partial charge is 0.407 e. The van der Waals surface area contributed by atoms with Gasteiger partial charge in [-0.25, -0.2) is 9.46 Å². The monoisotopic (exact) mass is 543 g/mol. The summed E-state index contributed by atoms with van der Waals surface area (Å²) in [7, 11) is -4.05. The molecule has 0 spiro atoms. The molecule has 1 aromatic rings. The maximum atomic E-state index is 12.8. The number of H-pyrrole nitrogens is 1. The molecule has 10 nitrogen and oxygen atoms in total. The van der Waals surface area contributed by atoms with Crippen LogP contribution in [0.5, 0.6) is 0 Å². The van der Waals surface area contributed by atoms with Crippen molar-refractivity contribution in [3.8, 4) is 6.07 Å². The molecule has 12 heteroatoms. The van der Waals surface area contributed by atoms with Gasteiger partial charge in [0.05, 0.1) is 25.2 Å². The Morgan fingerprint density at radius 3 is 2.42 bits per heavy atom. The molecule has 1 aliphatic rings. The highest BCUT2D eigenvalue weighted by Gasteiger charge is 2.52. The Balaban J connectivity index is 2.58. The first kappa shape index (κ1) is 29.2. The van der Waals surface area contributed by atoms with Gasteiger partial charge in [0.15, 0.2) is 14.5 Å². The predicted octanol–water partition coefficient (Wildman–Crippen LogP) is 4.51. The van der Waals surface area contributed by atoms with Crippen LogP contribution in [-0.4, -0.2) is 59.5 Å². The van der Waals surface area contributed by atoms with Crippen LogP contribution in [0.1, 0.15) is 69.4 Å². The summed E-state index contributed by atoms with van der Waals surface area (Å²) in [6.07, 6.45) is -1.45. The second-order valence-electron chi connectivity index (χ2n) is 11.0. The minimum Gasteiger partial charge on any atom is -0.407 e. The summed E-state index contributed by atoms with van der Waals surface area (Å²) in [4.78, 5) is 26.8. The van der Waals surface area contributed by atoms with Gasteiger partial charge in [-0.05, 0) is 52.7 Å². The van der Waals surface area contributed by atoms with Gasteiger partial charge in [0.25, 0.3) is 14.1 Å². The summed E-state index contributed by atoms with van der Waals surface area (Å²) in [6, 6.07) is 3.53. The summed E-state index contributed by atoms with van der Waals surface area (Å²) in [6.45, 7) is 18.8. The Labute approximate surface area is 218 Å². The van der Waals surface area contributed by atoms with E-state index in [9.17, 15) is 9.59 Å². The fourth-order valence-electron chi connectivity index (χ4n) is 3.73. The zero-order valence-corrected chi connectivity index (χ0v) is 24.9. The molecule has 36 heavy (non-hydrogen) atoms. The average Bonchev–Trinajstić information content (AvgIpc) is 3.09. The summed E-state index contributed by atoms with van der Waals surface area (Å²) in [5.74, 6) is 0. The van der Waals surface area contributed by atoms with E-state index in [2.05, 4.69) is 49.6 Å². The number of nitriles is 1. The van der Waals surface area contributed by atoms with Gasteiger partial charge in [-0.2, -0.15) is 5.26 Å². The third-order valence-corrected chi connectivity index (χ3v) is 13.1. The summed E-state index contributed by atoms with van der Waals surface area (Å²) < 4.78 is 37.5. The Kier molecular flexibility index (Phi) is 10.1. The first-order chi connectivity index (χ1) is 17.1. The van der Waals surface area contributed by atoms with Gasteiger partial charge in [-0.15, -0.1) is 0 Å². The van der Waals surface area contributed by atoms with Crippen molar-refractivity contribution < 1.29 is 19.6 Å². The van der Waals surface area contributed by atoms with E-state index < -0.39 is 52.6 Å². The lowest BCUT2D eigenvalue weighted by Crippen LogP contribution is -2.50. The van der Waals surface area contributed by atoms with E-state index in [0.717, 1.165) is 0 Å². The van der Waals surface area contributed by atoms with Crippen LogP contribution in [-0.2, 0) is 18.2 Å². The summed E-state index contributed by atoms with van der Waals surface area (Å²) in [5.41, 5.74) is -1.13. The second-order valence-corrected chi connectivity index (χ2v) is 17.2. The number of aromatic amines is 1. The van der Waals surface area contributed by atoms with Gasteiger partial charge in [-0.1, -0.05) is 20.8 Å². The van der Waals surface area contributed by atoms with Crippen LogP contribution in [0.3, 0.4) is 0 Å². The van der Waals surface area contributed by atoms with E-state index in [1.807, 2.05) is 27.7 Å². The lowest BCUT2D eigenvalue weighted by molar-refractivity contribution is -0.0311. The summed E-state index contributed by atoms with van der Waals surface area (Å²) in [5, 5.41) is 8.91. The maximum Gasteiger partial charge on any atom is 0.330 e. The number of hydrogen-bond donors (Lipinski definition) is 1. The molecule has 0 bridgehead atoms. The number of ether oxygens (including phenoxy) is 1. The van der Waals surface area contributed by atoms with Gasteiger partial charge >= 0.3 is 5.69 Å².